The summed E-state index contributed by atoms with van der Waals surface area (Å²) in [6, 6.07) is 15.5. The van der Waals surface area contributed by atoms with Crippen LogP contribution in [0, 0.1) is 0 Å². The number of hydrogen-bond acceptors (Lipinski definition) is 5. The predicted octanol–water partition coefficient (Wildman–Crippen LogP) is 2.59. The van der Waals surface area contributed by atoms with Gasteiger partial charge in [0.15, 0.2) is 0 Å². The van der Waals surface area contributed by atoms with Crippen LogP contribution in [0.1, 0.15) is 12.5 Å². The molecule has 1 fully saturated rings. The van der Waals surface area contributed by atoms with Crippen molar-refractivity contribution in [2.24, 2.45) is 0 Å². The number of para-hydroxylation sites is 3. The average Bonchev–Trinajstić information content (AvgIpc) is 2.74. The largest absolute Gasteiger partial charge is 0.378 e. The van der Waals surface area contributed by atoms with Gasteiger partial charge < -0.3 is 20.3 Å². The molecule has 2 N–H and O–H groups in total. The highest BCUT2D eigenvalue weighted by Gasteiger charge is 2.17. The molecule has 2 amide bonds. The molecule has 1 aliphatic heterocycles. The lowest BCUT2D eigenvalue weighted by atomic mass is 10.1. The van der Waals surface area contributed by atoms with Crippen LogP contribution in [-0.4, -0.2) is 63.2 Å². The van der Waals surface area contributed by atoms with Crippen molar-refractivity contribution in [3.63, 3.8) is 0 Å². The number of hydrogen-bond donors (Lipinski definition) is 2. The van der Waals surface area contributed by atoms with Crippen LogP contribution in [-0.2, 0) is 20.7 Å². The number of morpholine rings is 1. The molecule has 1 aliphatic rings. The van der Waals surface area contributed by atoms with E-state index in [4.69, 9.17) is 4.74 Å². The minimum Gasteiger partial charge on any atom is -0.378 e. The zero-order valence-corrected chi connectivity index (χ0v) is 17.7. The van der Waals surface area contributed by atoms with Crippen molar-refractivity contribution in [1.82, 2.24) is 4.90 Å². The van der Waals surface area contributed by atoms with Gasteiger partial charge in [0, 0.05) is 18.8 Å². The van der Waals surface area contributed by atoms with Gasteiger partial charge in [-0.2, -0.15) is 0 Å². The summed E-state index contributed by atoms with van der Waals surface area (Å²) in [6.45, 7) is 5.27. The first kappa shape index (κ1) is 21.8. The molecule has 0 spiro atoms. The van der Waals surface area contributed by atoms with Crippen LogP contribution < -0.4 is 15.5 Å². The summed E-state index contributed by atoms with van der Waals surface area (Å²) in [5, 5.41) is 5.92. The van der Waals surface area contributed by atoms with Crippen molar-refractivity contribution in [1.29, 1.82) is 0 Å². The summed E-state index contributed by atoms with van der Waals surface area (Å²) in [4.78, 5) is 28.9. The van der Waals surface area contributed by atoms with E-state index >= 15 is 0 Å². The zero-order valence-electron chi connectivity index (χ0n) is 17.7. The molecule has 1 heterocycles. The first-order valence-corrected chi connectivity index (χ1v) is 10.3. The summed E-state index contributed by atoms with van der Waals surface area (Å²) in [7, 11) is 1.76. The fraction of sp³-hybridized carbons (Fsp3) is 0.391. The fourth-order valence-corrected chi connectivity index (χ4v) is 3.54. The van der Waals surface area contributed by atoms with Gasteiger partial charge in [-0.15, -0.1) is 0 Å². The van der Waals surface area contributed by atoms with Gasteiger partial charge in [0.1, 0.15) is 0 Å². The first-order valence-electron chi connectivity index (χ1n) is 10.3. The lowest BCUT2D eigenvalue weighted by molar-refractivity contribution is -0.119. The number of amides is 2. The van der Waals surface area contributed by atoms with Crippen molar-refractivity contribution in [3.8, 4) is 0 Å². The van der Waals surface area contributed by atoms with Crippen LogP contribution in [0.25, 0.3) is 0 Å². The molecule has 160 valence electrons. The van der Waals surface area contributed by atoms with Crippen molar-refractivity contribution < 1.29 is 14.3 Å². The average molecular weight is 411 g/mol. The van der Waals surface area contributed by atoms with Gasteiger partial charge in [0.25, 0.3) is 0 Å². The van der Waals surface area contributed by atoms with Crippen LogP contribution >= 0.6 is 0 Å². The number of ether oxygens (including phenoxy) is 1. The van der Waals surface area contributed by atoms with E-state index in [0.717, 1.165) is 42.1 Å². The molecule has 1 saturated heterocycles. The van der Waals surface area contributed by atoms with Gasteiger partial charge in [-0.3, -0.25) is 14.5 Å². The Kier molecular flexibility index (Phi) is 7.82. The number of aryl methyl sites for hydroxylation is 1. The summed E-state index contributed by atoms with van der Waals surface area (Å²) >= 11 is 0. The summed E-state index contributed by atoms with van der Waals surface area (Å²) < 4.78 is 5.42. The molecule has 7 heteroatoms. The maximum atomic E-state index is 12.6. The van der Waals surface area contributed by atoms with Gasteiger partial charge in [0.2, 0.25) is 11.8 Å². The highest BCUT2D eigenvalue weighted by atomic mass is 16.5. The molecule has 0 atom stereocenters. The molecular formula is C23H30N4O3. The van der Waals surface area contributed by atoms with Crippen molar-refractivity contribution in [2.45, 2.75) is 13.3 Å². The Hall–Kier alpha value is -2.90. The Morgan fingerprint density at radius 2 is 1.50 bits per heavy atom. The maximum absolute atomic E-state index is 12.6. The van der Waals surface area contributed by atoms with E-state index in [0.29, 0.717) is 13.2 Å². The number of anilines is 3. The molecule has 0 saturated carbocycles. The summed E-state index contributed by atoms with van der Waals surface area (Å²) in [5.74, 6) is -0.292. The number of nitrogens with one attached hydrogen (secondary N) is 2. The van der Waals surface area contributed by atoms with Crippen molar-refractivity contribution in [3.05, 3.63) is 54.1 Å². The van der Waals surface area contributed by atoms with Crippen molar-refractivity contribution >= 4 is 28.9 Å². The van der Waals surface area contributed by atoms with Crippen LogP contribution in [0.4, 0.5) is 17.1 Å². The molecule has 30 heavy (non-hydrogen) atoms. The number of likely N-dealkylation sites (N-methyl/N-ethyl adjacent to an activating group) is 1. The molecule has 0 bridgehead atoms. The quantitative estimate of drug-likeness (QED) is 0.700. The van der Waals surface area contributed by atoms with E-state index < -0.39 is 0 Å². The lowest BCUT2D eigenvalue weighted by Crippen LogP contribution is -2.38. The fourth-order valence-electron chi connectivity index (χ4n) is 3.54. The molecule has 0 unspecified atom stereocenters. The molecule has 0 aliphatic carbocycles. The van der Waals surface area contributed by atoms with E-state index in [-0.39, 0.29) is 24.9 Å². The first-order chi connectivity index (χ1) is 14.6. The number of benzene rings is 2. The third-order valence-electron chi connectivity index (χ3n) is 5.03. The highest BCUT2D eigenvalue weighted by Crippen LogP contribution is 2.26. The minimum absolute atomic E-state index is 0.125. The molecule has 2 aromatic rings. The third kappa shape index (κ3) is 6.05. The van der Waals surface area contributed by atoms with E-state index in [1.54, 1.807) is 11.9 Å². The molecule has 7 nitrogen and oxygen atoms in total. The van der Waals surface area contributed by atoms with E-state index in [9.17, 15) is 9.59 Å². The standard InChI is InChI=1S/C23H30N4O3/c1-3-18-8-4-5-9-19(18)24-22(28)16-26(2)17-23(29)25-20-10-6-7-11-21(20)27-12-14-30-15-13-27/h4-11H,3,12-17H2,1-2H3,(H,24,28)(H,25,29). The molecular weight excluding hydrogens is 380 g/mol. The molecule has 0 aromatic heterocycles. The van der Waals surface area contributed by atoms with Gasteiger partial charge in [-0.25, -0.2) is 0 Å². The summed E-state index contributed by atoms with van der Waals surface area (Å²) in [6.07, 6.45) is 0.844. The second-order valence-corrected chi connectivity index (χ2v) is 7.40. The van der Waals surface area contributed by atoms with E-state index in [2.05, 4.69) is 22.5 Å². The van der Waals surface area contributed by atoms with Gasteiger partial charge in [-0.1, -0.05) is 37.3 Å². The normalized spacial score (nSPS) is 13.9. The van der Waals surface area contributed by atoms with Gasteiger partial charge in [-0.05, 0) is 37.2 Å². The second kappa shape index (κ2) is 10.8. The minimum atomic E-state index is -0.153. The molecule has 0 radical (unpaired) electrons. The maximum Gasteiger partial charge on any atom is 0.238 e. The zero-order chi connectivity index (χ0) is 21.3. The Bertz CT molecular complexity index is 865. The predicted molar refractivity (Wildman–Crippen MR) is 120 cm³/mol. The van der Waals surface area contributed by atoms with Gasteiger partial charge in [0.05, 0.1) is 37.7 Å². The Balaban J connectivity index is 1.53. The Morgan fingerprint density at radius 3 is 2.17 bits per heavy atom. The molecule has 2 aromatic carbocycles. The molecule has 3 rings (SSSR count). The topological polar surface area (TPSA) is 73.9 Å². The number of nitrogens with zero attached hydrogens (tertiary/aromatic N) is 2. The monoisotopic (exact) mass is 410 g/mol. The third-order valence-corrected chi connectivity index (χ3v) is 5.03. The van der Waals surface area contributed by atoms with Crippen molar-refractivity contribution in [2.75, 3.05) is 62.0 Å². The van der Waals surface area contributed by atoms with E-state index in [1.807, 2.05) is 48.5 Å². The Labute approximate surface area is 178 Å². The SMILES string of the molecule is CCc1ccccc1NC(=O)CN(C)CC(=O)Nc1ccccc1N1CCOCC1. The van der Waals surface area contributed by atoms with E-state index in [1.165, 1.54) is 0 Å². The number of carbonyl (C=O) groups excluding carboxylic acids is 2. The van der Waals surface area contributed by atoms with Crippen LogP contribution in [0.2, 0.25) is 0 Å². The van der Waals surface area contributed by atoms with Gasteiger partial charge >= 0.3 is 0 Å². The second-order valence-electron chi connectivity index (χ2n) is 7.40. The van der Waals surface area contributed by atoms with Crippen LogP contribution in [0.15, 0.2) is 48.5 Å². The smallest absolute Gasteiger partial charge is 0.238 e. The van der Waals surface area contributed by atoms with Crippen LogP contribution in [0.3, 0.4) is 0 Å². The number of rotatable bonds is 8. The lowest BCUT2D eigenvalue weighted by Gasteiger charge is -2.30. The highest BCUT2D eigenvalue weighted by molar-refractivity contribution is 5.97. The van der Waals surface area contributed by atoms with Crippen LogP contribution in [0.5, 0.6) is 0 Å². The Morgan fingerprint density at radius 1 is 0.933 bits per heavy atom. The summed E-state index contributed by atoms with van der Waals surface area (Å²) in [5.41, 5.74) is 3.68. The number of carbonyl (C=O) groups is 2.